The molecular formula is C14H15N5O2. The van der Waals surface area contributed by atoms with E-state index in [-0.39, 0.29) is 17.6 Å². The number of nitrogens with one attached hydrogen (secondary N) is 1. The van der Waals surface area contributed by atoms with Gasteiger partial charge in [0.15, 0.2) is 5.82 Å². The smallest absolute Gasteiger partial charge is 0.288 e. The monoisotopic (exact) mass is 285 g/mol. The van der Waals surface area contributed by atoms with Crippen LogP contribution in [0.25, 0.3) is 11.4 Å². The molecule has 1 aliphatic rings. The first kappa shape index (κ1) is 13.3. The van der Waals surface area contributed by atoms with Crippen molar-refractivity contribution in [3.05, 3.63) is 35.7 Å². The zero-order valence-electron chi connectivity index (χ0n) is 11.5. The highest BCUT2D eigenvalue weighted by Crippen LogP contribution is 2.25. The summed E-state index contributed by atoms with van der Waals surface area (Å²) in [7, 11) is 1.71. The molecular weight excluding hydrogens is 270 g/mol. The second-order valence-electron chi connectivity index (χ2n) is 5.07. The molecule has 3 N–H and O–H groups in total. The molecule has 7 nitrogen and oxygen atoms in total. The first-order chi connectivity index (χ1) is 10.0. The summed E-state index contributed by atoms with van der Waals surface area (Å²) in [6.45, 7) is 0.675. The van der Waals surface area contributed by atoms with Crippen LogP contribution in [-0.2, 0) is 11.8 Å². The van der Waals surface area contributed by atoms with Gasteiger partial charge in [-0.2, -0.15) is 0 Å². The van der Waals surface area contributed by atoms with Gasteiger partial charge >= 0.3 is 0 Å². The maximum atomic E-state index is 11.2. The molecule has 2 amide bonds. The fourth-order valence-corrected chi connectivity index (χ4v) is 2.49. The Labute approximate surface area is 121 Å². The van der Waals surface area contributed by atoms with Crippen molar-refractivity contribution in [3.8, 4) is 11.4 Å². The van der Waals surface area contributed by atoms with Crippen LogP contribution in [0.15, 0.2) is 24.3 Å². The summed E-state index contributed by atoms with van der Waals surface area (Å²) in [5, 5.41) is 6.80. The van der Waals surface area contributed by atoms with Crippen LogP contribution < -0.4 is 11.1 Å². The summed E-state index contributed by atoms with van der Waals surface area (Å²) in [6, 6.07) is 7.76. The minimum Gasteiger partial charge on any atom is -0.363 e. The third-order valence-electron chi connectivity index (χ3n) is 3.60. The van der Waals surface area contributed by atoms with Crippen molar-refractivity contribution in [2.24, 2.45) is 12.8 Å². The maximum Gasteiger partial charge on any atom is 0.288 e. The van der Waals surface area contributed by atoms with Gasteiger partial charge in [0, 0.05) is 31.5 Å². The molecule has 0 bridgehead atoms. The van der Waals surface area contributed by atoms with Gasteiger partial charge in [0.1, 0.15) is 0 Å². The van der Waals surface area contributed by atoms with Crippen molar-refractivity contribution in [1.29, 1.82) is 0 Å². The highest BCUT2D eigenvalue weighted by molar-refractivity contribution is 5.89. The minimum atomic E-state index is -0.649. The molecule has 0 saturated carbocycles. The Bertz CT molecular complexity index is 705. The van der Waals surface area contributed by atoms with Crippen LogP contribution >= 0.6 is 0 Å². The van der Waals surface area contributed by atoms with E-state index in [4.69, 9.17) is 5.73 Å². The van der Waals surface area contributed by atoms with Gasteiger partial charge in [-0.1, -0.05) is 24.3 Å². The molecule has 2 aromatic rings. The molecule has 1 aliphatic heterocycles. The second-order valence-corrected chi connectivity index (χ2v) is 5.07. The number of benzene rings is 1. The van der Waals surface area contributed by atoms with Crippen molar-refractivity contribution in [1.82, 2.24) is 20.1 Å². The molecule has 3 rings (SSSR count). The molecule has 1 atom stereocenters. The molecule has 0 spiro atoms. The number of carbonyl (C=O) groups is 2. The van der Waals surface area contributed by atoms with Crippen molar-refractivity contribution in [2.45, 2.75) is 12.3 Å². The van der Waals surface area contributed by atoms with E-state index in [1.807, 2.05) is 24.3 Å². The summed E-state index contributed by atoms with van der Waals surface area (Å²) < 4.78 is 1.52. The lowest BCUT2D eigenvalue weighted by Gasteiger charge is -2.08. The Hall–Kier alpha value is -2.70. The molecule has 2 heterocycles. The highest BCUT2D eigenvalue weighted by Gasteiger charge is 2.23. The Balaban J connectivity index is 1.87. The number of rotatable bonds is 3. The summed E-state index contributed by atoms with van der Waals surface area (Å²) in [6.07, 6.45) is 0.523. The largest absolute Gasteiger partial charge is 0.363 e. The van der Waals surface area contributed by atoms with E-state index in [0.717, 1.165) is 11.1 Å². The zero-order chi connectivity index (χ0) is 15.0. The van der Waals surface area contributed by atoms with E-state index >= 15 is 0 Å². The predicted molar refractivity (Wildman–Crippen MR) is 75.3 cm³/mol. The van der Waals surface area contributed by atoms with E-state index in [9.17, 15) is 9.59 Å². The maximum absolute atomic E-state index is 11.2. The van der Waals surface area contributed by atoms with Gasteiger partial charge in [0.2, 0.25) is 11.7 Å². The van der Waals surface area contributed by atoms with E-state index in [1.54, 1.807) is 7.05 Å². The average molecular weight is 285 g/mol. The number of carbonyl (C=O) groups excluding carboxylic acids is 2. The quantitative estimate of drug-likeness (QED) is 0.839. The SMILES string of the molecule is Cn1nc(C(N)=O)nc1-c1ccc(C2CNC(=O)C2)cc1. The first-order valence-corrected chi connectivity index (χ1v) is 6.62. The molecule has 1 unspecified atom stereocenters. The molecule has 1 aromatic carbocycles. The van der Waals surface area contributed by atoms with Crippen LogP contribution in [-0.4, -0.2) is 33.1 Å². The van der Waals surface area contributed by atoms with Crippen LogP contribution in [0.2, 0.25) is 0 Å². The van der Waals surface area contributed by atoms with Gasteiger partial charge in [0.25, 0.3) is 5.91 Å². The zero-order valence-corrected chi connectivity index (χ0v) is 11.5. The van der Waals surface area contributed by atoms with Gasteiger partial charge in [-0.05, 0) is 5.56 Å². The number of nitrogens with two attached hydrogens (primary N) is 1. The first-order valence-electron chi connectivity index (χ1n) is 6.62. The number of hydrogen-bond donors (Lipinski definition) is 2. The van der Waals surface area contributed by atoms with Crippen LogP contribution in [0.4, 0.5) is 0 Å². The third-order valence-corrected chi connectivity index (χ3v) is 3.60. The molecule has 1 saturated heterocycles. The van der Waals surface area contributed by atoms with Gasteiger partial charge in [-0.25, -0.2) is 9.67 Å². The number of nitrogens with zero attached hydrogens (tertiary/aromatic N) is 3. The lowest BCUT2D eigenvalue weighted by Crippen LogP contribution is -2.13. The van der Waals surface area contributed by atoms with Gasteiger partial charge < -0.3 is 11.1 Å². The van der Waals surface area contributed by atoms with Crippen molar-refractivity contribution >= 4 is 11.8 Å². The van der Waals surface area contributed by atoms with Gasteiger partial charge in [0.05, 0.1) is 0 Å². The summed E-state index contributed by atoms with van der Waals surface area (Å²) >= 11 is 0. The molecule has 1 aromatic heterocycles. The lowest BCUT2D eigenvalue weighted by molar-refractivity contribution is -0.119. The predicted octanol–water partition coefficient (Wildman–Crippen LogP) is 0.185. The number of hydrogen-bond acceptors (Lipinski definition) is 4. The lowest BCUT2D eigenvalue weighted by atomic mass is 9.97. The molecule has 21 heavy (non-hydrogen) atoms. The Morgan fingerprint density at radius 3 is 2.62 bits per heavy atom. The number of primary amides is 1. The fraction of sp³-hybridized carbons (Fsp3) is 0.286. The van der Waals surface area contributed by atoms with Gasteiger partial charge in [-0.15, -0.1) is 5.10 Å². The second kappa shape index (κ2) is 5.01. The van der Waals surface area contributed by atoms with Crippen LogP contribution in [0.3, 0.4) is 0 Å². The Morgan fingerprint density at radius 2 is 2.10 bits per heavy atom. The van der Waals surface area contributed by atoms with Crippen LogP contribution in [0.1, 0.15) is 28.5 Å². The van der Waals surface area contributed by atoms with Crippen molar-refractivity contribution in [3.63, 3.8) is 0 Å². The molecule has 7 heteroatoms. The standard InChI is InChI=1S/C14H15N5O2/c1-19-14(17-13(18-19)12(15)21)9-4-2-8(3-5-9)10-6-11(20)16-7-10/h2-5,10H,6-7H2,1H3,(H2,15,21)(H,16,20). The van der Waals surface area contributed by atoms with Crippen LogP contribution in [0.5, 0.6) is 0 Å². The fourth-order valence-electron chi connectivity index (χ4n) is 2.49. The van der Waals surface area contributed by atoms with E-state index in [1.165, 1.54) is 4.68 Å². The summed E-state index contributed by atoms with van der Waals surface area (Å²) in [4.78, 5) is 26.5. The van der Waals surface area contributed by atoms with Gasteiger partial charge in [-0.3, -0.25) is 9.59 Å². The molecule has 1 fully saturated rings. The Kier molecular flexibility index (Phi) is 3.17. The van der Waals surface area contributed by atoms with Crippen molar-refractivity contribution < 1.29 is 9.59 Å². The van der Waals surface area contributed by atoms with E-state index in [0.29, 0.717) is 18.8 Å². The molecule has 0 radical (unpaired) electrons. The van der Waals surface area contributed by atoms with Crippen LogP contribution in [0, 0.1) is 0 Å². The minimum absolute atomic E-state index is 0.00201. The normalized spacial score (nSPS) is 17.8. The van der Waals surface area contributed by atoms with E-state index < -0.39 is 5.91 Å². The average Bonchev–Trinajstić information content (AvgIpc) is 3.05. The molecule has 0 aliphatic carbocycles. The Morgan fingerprint density at radius 1 is 1.38 bits per heavy atom. The number of aromatic nitrogens is 3. The highest BCUT2D eigenvalue weighted by atomic mass is 16.2. The molecule has 108 valence electrons. The van der Waals surface area contributed by atoms with E-state index in [2.05, 4.69) is 15.4 Å². The summed E-state index contributed by atoms with van der Waals surface area (Å²) in [5.74, 6) is 0.234. The number of amides is 2. The summed E-state index contributed by atoms with van der Waals surface area (Å²) in [5.41, 5.74) is 7.13. The van der Waals surface area contributed by atoms with Crippen molar-refractivity contribution in [2.75, 3.05) is 6.54 Å². The topological polar surface area (TPSA) is 103 Å². The number of aryl methyl sites for hydroxylation is 1. The third kappa shape index (κ3) is 2.49.